The number of rotatable bonds is 3. The number of carbonyl (C=O) groups excluding carboxylic acids is 1. The number of nitrogens with one attached hydrogen (secondary N) is 1. The Kier molecular flexibility index (Phi) is 6.15. The van der Waals surface area contributed by atoms with Crippen LogP contribution in [0.5, 0.6) is 0 Å². The van der Waals surface area contributed by atoms with Gasteiger partial charge in [0.15, 0.2) is 5.79 Å². The number of amides is 1. The van der Waals surface area contributed by atoms with Gasteiger partial charge in [0.05, 0.1) is 12.7 Å². The van der Waals surface area contributed by atoms with Crippen LogP contribution in [0.3, 0.4) is 0 Å². The fourth-order valence-corrected chi connectivity index (χ4v) is 10.9. The molecular weight excluding hydrogens is 434 g/mol. The topological polar surface area (TPSA) is 47.6 Å². The molecule has 1 spiro atoms. The van der Waals surface area contributed by atoms with E-state index in [1.54, 1.807) is 0 Å². The molecule has 0 bridgehead atoms. The van der Waals surface area contributed by atoms with Crippen LogP contribution in [-0.2, 0) is 14.3 Å². The summed E-state index contributed by atoms with van der Waals surface area (Å²) in [6.45, 7) is 13.0. The normalized spacial score (nSPS) is 55.1. The molecule has 2 saturated heterocycles. The highest BCUT2D eigenvalue weighted by Crippen LogP contribution is 2.71. The highest BCUT2D eigenvalue weighted by Gasteiger charge is 2.69. The van der Waals surface area contributed by atoms with E-state index in [2.05, 4.69) is 39.9 Å². The van der Waals surface area contributed by atoms with Crippen molar-refractivity contribution in [3.8, 4) is 0 Å². The lowest BCUT2D eigenvalue weighted by atomic mass is 9.44. The predicted molar refractivity (Wildman–Crippen MR) is 139 cm³/mol. The molecule has 6 fully saturated rings. The molecule has 0 aromatic rings. The van der Waals surface area contributed by atoms with Crippen LogP contribution in [0.2, 0.25) is 0 Å². The summed E-state index contributed by atoms with van der Waals surface area (Å²) in [7, 11) is 0. The van der Waals surface area contributed by atoms with Crippen LogP contribution in [0.4, 0.5) is 0 Å². The van der Waals surface area contributed by atoms with Gasteiger partial charge in [-0.25, -0.2) is 0 Å². The summed E-state index contributed by atoms with van der Waals surface area (Å²) in [4.78, 5) is 12.3. The number of ether oxygens (including phenoxy) is 2. The van der Waals surface area contributed by atoms with Gasteiger partial charge in [-0.1, -0.05) is 34.6 Å². The van der Waals surface area contributed by atoms with Crippen LogP contribution in [0.1, 0.15) is 112 Å². The van der Waals surface area contributed by atoms with Crippen LogP contribution in [0, 0.1) is 52.3 Å². The summed E-state index contributed by atoms with van der Waals surface area (Å²) < 4.78 is 13.5. The second-order valence-corrected chi connectivity index (χ2v) is 14.5. The first kappa shape index (κ1) is 24.7. The van der Waals surface area contributed by atoms with Gasteiger partial charge in [-0.05, 0) is 111 Å². The van der Waals surface area contributed by atoms with Crippen LogP contribution in [-0.4, -0.2) is 30.4 Å². The van der Waals surface area contributed by atoms with Crippen molar-refractivity contribution >= 4 is 5.91 Å². The lowest BCUT2D eigenvalue weighted by Crippen LogP contribution is -2.56. The van der Waals surface area contributed by atoms with E-state index < -0.39 is 0 Å². The molecule has 2 aliphatic heterocycles. The van der Waals surface area contributed by atoms with Crippen molar-refractivity contribution < 1.29 is 14.3 Å². The van der Waals surface area contributed by atoms with Crippen molar-refractivity contribution in [3.63, 3.8) is 0 Å². The molecule has 0 aromatic carbocycles. The molecule has 4 heteroatoms. The lowest BCUT2D eigenvalue weighted by Gasteiger charge is -2.61. The second kappa shape index (κ2) is 8.72. The molecule has 4 nitrogen and oxygen atoms in total. The standard InChI is InChI=1S/C31H51NO3/c1-6-7-27(33)32-22-11-13-29(4)21(16-22)8-9-23-24(29)12-14-30(5)25(23)17-26-28(30)20(3)31(35-26)15-10-19(2)18-34-31/h19-26,28H,6-18H2,1-5H3,(H,32,33)/t19-,20-,21+,22-,23+,24?,25?,26-,28-,29-,30-,31+/m0/s1. The third-order valence-corrected chi connectivity index (χ3v) is 12.8. The van der Waals surface area contributed by atoms with Gasteiger partial charge < -0.3 is 14.8 Å². The number of hydrogen-bond acceptors (Lipinski definition) is 3. The Morgan fingerprint density at radius 2 is 1.74 bits per heavy atom. The van der Waals surface area contributed by atoms with E-state index in [0.29, 0.717) is 47.2 Å². The fraction of sp³-hybridized carbons (Fsp3) is 0.968. The first-order chi connectivity index (χ1) is 16.7. The third kappa shape index (κ3) is 3.69. The van der Waals surface area contributed by atoms with E-state index >= 15 is 0 Å². The first-order valence-corrected chi connectivity index (χ1v) is 15.3. The van der Waals surface area contributed by atoms with E-state index in [4.69, 9.17) is 9.47 Å². The summed E-state index contributed by atoms with van der Waals surface area (Å²) in [6.07, 6.45) is 14.8. The molecule has 1 N–H and O–H groups in total. The fourth-order valence-electron chi connectivity index (χ4n) is 10.9. The second-order valence-electron chi connectivity index (χ2n) is 14.5. The quantitative estimate of drug-likeness (QED) is 0.483. The molecule has 12 atom stereocenters. The average molecular weight is 486 g/mol. The Morgan fingerprint density at radius 3 is 2.49 bits per heavy atom. The highest BCUT2D eigenvalue weighted by molar-refractivity contribution is 5.76. The lowest BCUT2D eigenvalue weighted by molar-refractivity contribution is -0.273. The summed E-state index contributed by atoms with van der Waals surface area (Å²) in [6, 6.07) is 0.409. The molecule has 6 aliphatic rings. The molecule has 4 saturated carbocycles. The van der Waals surface area contributed by atoms with Crippen molar-refractivity contribution in [2.75, 3.05) is 6.61 Å². The Balaban J connectivity index is 1.17. The van der Waals surface area contributed by atoms with Gasteiger partial charge >= 0.3 is 0 Å². The molecule has 0 aromatic heterocycles. The average Bonchev–Trinajstić information content (AvgIpc) is 3.26. The van der Waals surface area contributed by atoms with Crippen LogP contribution >= 0.6 is 0 Å². The van der Waals surface area contributed by atoms with Gasteiger partial charge in [-0.2, -0.15) is 0 Å². The summed E-state index contributed by atoms with van der Waals surface area (Å²) in [5.41, 5.74) is 0.875. The van der Waals surface area contributed by atoms with E-state index in [1.165, 1.54) is 57.8 Å². The van der Waals surface area contributed by atoms with E-state index in [-0.39, 0.29) is 11.7 Å². The molecule has 35 heavy (non-hydrogen) atoms. The first-order valence-electron chi connectivity index (χ1n) is 15.3. The molecule has 1 amide bonds. The van der Waals surface area contributed by atoms with Crippen LogP contribution < -0.4 is 5.32 Å². The maximum Gasteiger partial charge on any atom is 0.220 e. The minimum atomic E-state index is -0.295. The largest absolute Gasteiger partial charge is 0.353 e. The van der Waals surface area contributed by atoms with Crippen molar-refractivity contribution in [1.29, 1.82) is 0 Å². The van der Waals surface area contributed by atoms with Gasteiger partial charge in [0.25, 0.3) is 0 Å². The Bertz CT molecular complexity index is 820. The smallest absolute Gasteiger partial charge is 0.220 e. The van der Waals surface area contributed by atoms with Crippen LogP contribution in [0.15, 0.2) is 0 Å². The monoisotopic (exact) mass is 485 g/mol. The van der Waals surface area contributed by atoms with Gasteiger partial charge in [-0.3, -0.25) is 4.79 Å². The number of carbonyl (C=O) groups is 1. The SMILES string of the molecule is CCCC(=O)N[C@H]1CC[C@]2(C)C3CC[C@@]4(C)C(C[C@@H]5O[C@]6(CC[C@H](C)CO6)[C@@H](C)[C@@H]54)[C@@H]3CC[C@@H]2C1. The molecule has 0 radical (unpaired) electrons. The molecule has 6 rings (SSSR count). The van der Waals surface area contributed by atoms with Gasteiger partial charge in [0.2, 0.25) is 5.91 Å². The van der Waals surface area contributed by atoms with Gasteiger partial charge in [-0.15, -0.1) is 0 Å². The number of fused-ring (bicyclic) bond motifs is 7. The Morgan fingerprint density at radius 1 is 0.943 bits per heavy atom. The van der Waals surface area contributed by atoms with Crippen molar-refractivity contribution in [2.24, 2.45) is 52.3 Å². The minimum absolute atomic E-state index is 0.268. The Labute approximate surface area is 214 Å². The maximum absolute atomic E-state index is 12.3. The molecule has 4 aliphatic carbocycles. The zero-order chi connectivity index (χ0) is 24.6. The zero-order valence-corrected chi connectivity index (χ0v) is 23.1. The third-order valence-electron chi connectivity index (χ3n) is 12.8. The summed E-state index contributed by atoms with van der Waals surface area (Å²) in [5, 5.41) is 3.38. The van der Waals surface area contributed by atoms with Gasteiger partial charge in [0.1, 0.15) is 0 Å². The van der Waals surface area contributed by atoms with Crippen LogP contribution in [0.25, 0.3) is 0 Å². The summed E-state index contributed by atoms with van der Waals surface area (Å²) in [5.74, 6) is 5.15. The Hall–Kier alpha value is -0.610. The zero-order valence-electron chi connectivity index (χ0n) is 23.1. The highest BCUT2D eigenvalue weighted by atomic mass is 16.7. The van der Waals surface area contributed by atoms with E-state index in [1.807, 2.05) is 0 Å². The number of hydrogen-bond donors (Lipinski definition) is 1. The van der Waals surface area contributed by atoms with Crippen molar-refractivity contribution in [1.82, 2.24) is 5.32 Å². The summed E-state index contributed by atoms with van der Waals surface area (Å²) >= 11 is 0. The predicted octanol–water partition coefficient (Wildman–Crippen LogP) is 6.72. The van der Waals surface area contributed by atoms with Crippen molar-refractivity contribution in [2.45, 2.75) is 130 Å². The molecular formula is C31H51NO3. The van der Waals surface area contributed by atoms with E-state index in [9.17, 15) is 4.79 Å². The molecule has 2 heterocycles. The molecule has 198 valence electrons. The van der Waals surface area contributed by atoms with Crippen molar-refractivity contribution in [3.05, 3.63) is 0 Å². The van der Waals surface area contributed by atoms with Gasteiger partial charge in [0, 0.05) is 24.8 Å². The minimum Gasteiger partial charge on any atom is -0.353 e. The maximum atomic E-state index is 12.3. The van der Waals surface area contributed by atoms with E-state index in [0.717, 1.165) is 43.1 Å². The molecule has 2 unspecified atom stereocenters.